The van der Waals surface area contributed by atoms with E-state index >= 15 is 0 Å². The molecule has 6 heteroatoms. The van der Waals surface area contributed by atoms with Gasteiger partial charge in [0.15, 0.2) is 0 Å². The summed E-state index contributed by atoms with van der Waals surface area (Å²) >= 11 is 1.80. The summed E-state index contributed by atoms with van der Waals surface area (Å²) in [6.07, 6.45) is 0.286. The van der Waals surface area contributed by atoms with Gasteiger partial charge >= 0.3 is 0 Å². The van der Waals surface area contributed by atoms with Gasteiger partial charge in [-0.2, -0.15) is 4.98 Å². The van der Waals surface area contributed by atoms with Gasteiger partial charge in [0, 0.05) is 17.0 Å². The Labute approximate surface area is 121 Å². The largest absolute Gasteiger partial charge is 0.392 e. The second kappa shape index (κ2) is 5.95. The van der Waals surface area contributed by atoms with E-state index in [9.17, 15) is 5.11 Å². The molecule has 1 aliphatic rings. The third-order valence-electron chi connectivity index (χ3n) is 3.27. The Hall–Kier alpha value is -1.37. The van der Waals surface area contributed by atoms with Crippen LogP contribution in [0.4, 0.5) is 0 Å². The Morgan fingerprint density at radius 2 is 2.20 bits per heavy atom. The number of aliphatic hydroxyl groups excluding tert-OH is 1. The Bertz CT molecular complexity index is 570. The second-order valence-electron chi connectivity index (χ2n) is 4.76. The lowest BCUT2D eigenvalue weighted by Crippen LogP contribution is -2.15. The first kappa shape index (κ1) is 13.6. The van der Waals surface area contributed by atoms with Crippen molar-refractivity contribution in [3.8, 4) is 11.4 Å². The van der Waals surface area contributed by atoms with Gasteiger partial charge in [-0.1, -0.05) is 12.1 Å². The van der Waals surface area contributed by atoms with E-state index < -0.39 is 0 Å². The van der Waals surface area contributed by atoms with Crippen LogP contribution in [0.1, 0.15) is 25.3 Å². The molecule has 5 nitrogen and oxygen atoms in total. The van der Waals surface area contributed by atoms with Gasteiger partial charge in [0.05, 0.1) is 12.1 Å². The zero-order chi connectivity index (χ0) is 13.9. The van der Waals surface area contributed by atoms with Gasteiger partial charge in [0.2, 0.25) is 11.7 Å². The summed E-state index contributed by atoms with van der Waals surface area (Å²) in [5.74, 6) is 2.20. The monoisotopic (exact) mass is 291 g/mol. The number of nitrogens with one attached hydrogen (secondary N) is 1. The van der Waals surface area contributed by atoms with E-state index in [1.807, 2.05) is 12.1 Å². The molecule has 0 saturated carbocycles. The van der Waals surface area contributed by atoms with Gasteiger partial charge in [0.25, 0.3) is 0 Å². The molecular weight excluding hydrogens is 274 g/mol. The van der Waals surface area contributed by atoms with Crippen LogP contribution in [-0.2, 0) is 0 Å². The van der Waals surface area contributed by atoms with Crippen molar-refractivity contribution in [2.75, 3.05) is 12.3 Å². The molecule has 0 aliphatic carbocycles. The zero-order valence-electron chi connectivity index (χ0n) is 11.2. The highest BCUT2D eigenvalue weighted by Crippen LogP contribution is 2.26. The van der Waals surface area contributed by atoms with Gasteiger partial charge in [-0.05, 0) is 36.4 Å². The smallest absolute Gasteiger partial charge is 0.244 e. The first-order valence-corrected chi connectivity index (χ1v) is 7.73. The fraction of sp³-hybridized carbons (Fsp3) is 0.429. The van der Waals surface area contributed by atoms with E-state index in [1.54, 1.807) is 11.8 Å². The average Bonchev–Trinajstić information content (AvgIpc) is 3.09. The third kappa shape index (κ3) is 2.87. The first-order valence-electron chi connectivity index (χ1n) is 6.74. The Morgan fingerprint density at radius 3 is 2.85 bits per heavy atom. The maximum atomic E-state index is 9.51. The summed E-state index contributed by atoms with van der Waals surface area (Å²) in [7, 11) is 0. The second-order valence-corrected chi connectivity index (χ2v) is 6.10. The number of hydrogen-bond acceptors (Lipinski definition) is 6. The molecule has 1 unspecified atom stereocenters. The quantitative estimate of drug-likeness (QED) is 0.842. The minimum absolute atomic E-state index is 0.0406. The maximum Gasteiger partial charge on any atom is 0.244 e. The molecule has 0 radical (unpaired) electrons. The molecule has 1 fully saturated rings. The third-order valence-corrected chi connectivity index (χ3v) is 4.17. The predicted octanol–water partition coefficient (Wildman–Crippen LogP) is 2.24. The molecule has 1 aromatic heterocycles. The van der Waals surface area contributed by atoms with Crippen LogP contribution in [0, 0.1) is 0 Å². The minimum atomic E-state index is -0.333. The van der Waals surface area contributed by atoms with Gasteiger partial charge < -0.3 is 14.9 Å². The molecular formula is C14H17N3O2S. The van der Waals surface area contributed by atoms with E-state index in [0.29, 0.717) is 24.7 Å². The van der Waals surface area contributed by atoms with Crippen molar-refractivity contribution in [2.24, 2.45) is 0 Å². The van der Waals surface area contributed by atoms with Crippen LogP contribution in [0.2, 0.25) is 0 Å². The normalized spacial score (nSPS) is 22.3. The van der Waals surface area contributed by atoms with Gasteiger partial charge in [-0.25, -0.2) is 0 Å². The average molecular weight is 291 g/mol. The molecule has 20 heavy (non-hydrogen) atoms. The van der Waals surface area contributed by atoms with Crippen LogP contribution < -0.4 is 5.32 Å². The topological polar surface area (TPSA) is 71.2 Å². The van der Waals surface area contributed by atoms with E-state index in [-0.39, 0.29) is 12.1 Å². The summed E-state index contributed by atoms with van der Waals surface area (Å²) in [6.45, 7) is 2.71. The van der Waals surface area contributed by atoms with Crippen molar-refractivity contribution in [1.29, 1.82) is 0 Å². The SMILES string of the molecule is CCSc1ccc(-c2noc([C@@H]3CC(O)CN3)n2)cc1. The molecule has 1 saturated heterocycles. The van der Waals surface area contributed by atoms with Crippen LogP contribution in [-0.4, -0.2) is 33.6 Å². The lowest BCUT2D eigenvalue weighted by Gasteiger charge is -2.01. The summed E-state index contributed by atoms with van der Waals surface area (Å²) in [6, 6.07) is 8.10. The van der Waals surface area contributed by atoms with E-state index in [4.69, 9.17) is 4.52 Å². The van der Waals surface area contributed by atoms with Gasteiger partial charge in [-0.15, -0.1) is 11.8 Å². The molecule has 1 aromatic carbocycles. The number of aliphatic hydroxyl groups is 1. The molecule has 3 rings (SSSR count). The van der Waals surface area contributed by atoms with Crippen molar-refractivity contribution in [3.05, 3.63) is 30.2 Å². The highest BCUT2D eigenvalue weighted by atomic mass is 32.2. The van der Waals surface area contributed by atoms with Crippen molar-refractivity contribution in [1.82, 2.24) is 15.5 Å². The number of nitrogens with zero attached hydrogens (tertiary/aromatic N) is 2. The molecule has 2 aromatic rings. The fourth-order valence-corrected chi connectivity index (χ4v) is 2.93. The number of aromatic nitrogens is 2. The number of benzene rings is 1. The summed E-state index contributed by atoms with van der Waals surface area (Å²) < 4.78 is 5.29. The highest BCUT2D eigenvalue weighted by molar-refractivity contribution is 7.99. The van der Waals surface area contributed by atoms with Crippen molar-refractivity contribution < 1.29 is 9.63 Å². The zero-order valence-corrected chi connectivity index (χ0v) is 12.1. The van der Waals surface area contributed by atoms with Crippen molar-refractivity contribution in [2.45, 2.75) is 30.4 Å². The molecule has 0 spiro atoms. The molecule has 2 N–H and O–H groups in total. The minimum Gasteiger partial charge on any atom is -0.392 e. The lowest BCUT2D eigenvalue weighted by atomic mass is 10.2. The molecule has 106 valence electrons. The molecule has 0 amide bonds. The summed E-state index contributed by atoms with van der Waals surface area (Å²) in [5.41, 5.74) is 0.944. The van der Waals surface area contributed by atoms with Crippen LogP contribution in [0.3, 0.4) is 0 Å². The van der Waals surface area contributed by atoms with E-state index in [1.165, 1.54) is 4.90 Å². The van der Waals surface area contributed by atoms with Gasteiger partial charge in [-0.3, -0.25) is 0 Å². The van der Waals surface area contributed by atoms with E-state index in [2.05, 4.69) is 34.5 Å². The Kier molecular flexibility index (Phi) is 4.05. The number of rotatable bonds is 4. The lowest BCUT2D eigenvalue weighted by molar-refractivity contribution is 0.191. The summed E-state index contributed by atoms with van der Waals surface area (Å²) in [4.78, 5) is 5.65. The highest BCUT2D eigenvalue weighted by Gasteiger charge is 2.28. The van der Waals surface area contributed by atoms with Crippen LogP contribution >= 0.6 is 11.8 Å². The van der Waals surface area contributed by atoms with Crippen LogP contribution in [0.15, 0.2) is 33.7 Å². The van der Waals surface area contributed by atoms with Crippen molar-refractivity contribution >= 4 is 11.8 Å². The Balaban J connectivity index is 1.76. The first-order chi connectivity index (χ1) is 9.76. The van der Waals surface area contributed by atoms with Crippen LogP contribution in [0.5, 0.6) is 0 Å². The fourth-order valence-electron chi connectivity index (χ4n) is 2.27. The van der Waals surface area contributed by atoms with Gasteiger partial charge in [0.1, 0.15) is 0 Å². The van der Waals surface area contributed by atoms with E-state index in [0.717, 1.165) is 11.3 Å². The van der Waals surface area contributed by atoms with Crippen molar-refractivity contribution in [3.63, 3.8) is 0 Å². The molecule has 0 bridgehead atoms. The standard InChI is InChI=1S/C14H17N3O2S/c1-2-20-11-5-3-9(4-6-11)13-16-14(19-17-13)12-7-10(18)8-15-12/h3-6,10,12,15,18H,2,7-8H2,1H3/t10?,12-/m0/s1. The van der Waals surface area contributed by atoms with Crippen LogP contribution in [0.25, 0.3) is 11.4 Å². The Morgan fingerprint density at radius 1 is 1.40 bits per heavy atom. The number of thioether (sulfide) groups is 1. The predicted molar refractivity (Wildman–Crippen MR) is 77.5 cm³/mol. The summed E-state index contributed by atoms with van der Waals surface area (Å²) in [5, 5.41) is 16.7. The number of hydrogen-bond donors (Lipinski definition) is 2. The molecule has 2 heterocycles. The maximum absolute atomic E-state index is 9.51. The molecule has 1 aliphatic heterocycles. The number of β-amino-alcohol motifs (C(OH)–C–C–N with tert-alkyl or cyclic N) is 1. The molecule has 2 atom stereocenters.